The van der Waals surface area contributed by atoms with Gasteiger partial charge in [0.05, 0.1) is 5.41 Å². The molecule has 2 aliphatic carbocycles. The Balaban J connectivity index is 1.88. The maximum absolute atomic E-state index is 10.7. The SMILES string of the molecule is CC(C)(C)c1cc2c(c(C(C)(C)C)c1)C1(c3ccccc3-c3ccccc31)c1cc(O)ccc1-2. The molecule has 0 saturated heterocycles. The molecule has 0 aromatic heterocycles. The number of rotatable bonds is 0. The van der Waals surface area contributed by atoms with Crippen LogP contribution < -0.4 is 0 Å². The summed E-state index contributed by atoms with van der Waals surface area (Å²) < 4.78 is 0. The fraction of sp³-hybridized carbons (Fsp3) is 0.273. The Bertz CT molecular complexity index is 1430. The highest BCUT2D eigenvalue weighted by molar-refractivity contribution is 5.96. The van der Waals surface area contributed by atoms with Gasteiger partial charge in [0.25, 0.3) is 0 Å². The molecule has 4 aromatic carbocycles. The van der Waals surface area contributed by atoms with Crippen LogP contribution in [0.15, 0.2) is 78.9 Å². The minimum Gasteiger partial charge on any atom is -0.508 e. The van der Waals surface area contributed by atoms with E-state index in [2.05, 4.69) is 108 Å². The van der Waals surface area contributed by atoms with E-state index in [1.54, 1.807) is 0 Å². The van der Waals surface area contributed by atoms with Crippen LogP contribution in [0, 0.1) is 0 Å². The van der Waals surface area contributed by atoms with E-state index in [1.165, 1.54) is 55.6 Å². The van der Waals surface area contributed by atoms with Gasteiger partial charge in [-0.15, -0.1) is 0 Å². The second-order valence-electron chi connectivity index (χ2n) is 12.0. The molecule has 4 aromatic rings. The Morgan fingerprint density at radius 1 is 0.559 bits per heavy atom. The molecule has 0 amide bonds. The monoisotopic (exact) mass is 444 g/mol. The predicted molar refractivity (Wildman–Crippen MR) is 142 cm³/mol. The van der Waals surface area contributed by atoms with Gasteiger partial charge in [0.1, 0.15) is 5.75 Å². The third-order valence-electron chi connectivity index (χ3n) is 7.84. The fourth-order valence-corrected chi connectivity index (χ4v) is 6.29. The number of hydrogen-bond donors (Lipinski definition) is 1. The molecule has 0 atom stereocenters. The van der Waals surface area contributed by atoms with Crippen molar-refractivity contribution in [3.63, 3.8) is 0 Å². The molecular weight excluding hydrogens is 412 g/mol. The number of phenols is 1. The van der Waals surface area contributed by atoms with E-state index in [1.807, 2.05) is 12.1 Å². The lowest BCUT2D eigenvalue weighted by molar-refractivity contribution is 0.474. The van der Waals surface area contributed by atoms with Crippen molar-refractivity contribution in [3.8, 4) is 28.0 Å². The summed E-state index contributed by atoms with van der Waals surface area (Å²) >= 11 is 0. The summed E-state index contributed by atoms with van der Waals surface area (Å²) in [5.74, 6) is 0.321. The molecule has 34 heavy (non-hydrogen) atoms. The minimum absolute atomic E-state index is 0.0351. The van der Waals surface area contributed by atoms with Gasteiger partial charge in [-0.3, -0.25) is 0 Å². The van der Waals surface area contributed by atoms with Crippen LogP contribution in [-0.4, -0.2) is 5.11 Å². The second-order valence-corrected chi connectivity index (χ2v) is 12.0. The third kappa shape index (κ3) is 2.61. The van der Waals surface area contributed by atoms with E-state index in [0.29, 0.717) is 5.75 Å². The number of hydrogen-bond acceptors (Lipinski definition) is 1. The number of phenolic OH excluding ortho intramolecular Hbond substituents is 1. The molecule has 0 aliphatic heterocycles. The Kier molecular flexibility index (Phi) is 4.14. The summed E-state index contributed by atoms with van der Waals surface area (Å²) in [5, 5.41) is 10.7. The summed E-state index contributed by atoms with van der Waals surface area (Å²) in [6.45, 7) is 13.9. The first-order valence-electron chi connectivity index (χ1n) is 12.3. The van der Waals surface area contributed by atoms with Crippen molar-refractivity contribution >= 4 is 0 Å². The summed E-state index contributed by atoms with van der Waals surface area (Å²) in [6.07, 6.45) is 0. The lowest BCUT2D eigenvalue weighted by Gasteiger charge is -2.36. The molecule has 170 valence electrons. The highest BCUT2D eigenvalue weighted by Crippen LogP contribution is 2.65. The zero-order valence-electron chi connectivity index (χ0n) is 21.0. The van der Waals surface area contributed by atoms with Crippen LogP contribution in [0.1, 0.15) is 74.9 Å². The average Bonchev–Trinajstić information content (AvgIpc) is 3.24. The first kappa shape index (κ1) is 21.2. The van der Waals surface area contributed by atoms with Gasteiger partial charge in [-0.1, -0.05) is 108 Å². The minimum atomic E-state index is -0.435. The van der Waals surface area contributed by atoms with Crippen LogP contribution in [-0.2, 0) is 16.2 Å². The van der Waals surface area contributed by atoms with E-state index in [-0.39, 0.29) is 10.8 Å². The molecule has 0 radical (unpaired) electrons. The zero-order chi connectivity index (χ0) is 24.0. The zero-order valence-corrected chi connectivity index (χ0v) is 21.0. The van der Waals surface area contributed by atoms with Crippen LogP contribution in [0.4, 0.5) is 0 Å². The molecule has 1 heteroatoms. The molecule has 0 heterocycles. The normalized spacial score (nSPS) is 15.1. The second kappa shape index (κ2) is 6.63. The van der Waals surface area contributed by atoms with Crippen molar-refractivity contribution in [3.05, 3.63) is 112 Å². The highest BCUT2D eigenvalue weighted by Gasteiger charge is 2.53. The summed E-state index contributed by atoms with van der Waals surface area (Å²) in [5.41, 5.74) is 12.6. The van der Waals surface area contributed by atoms with E-state index in [4.69, 9.17) is 0 Å². The number of aromatic hydroxyl groups is 1. The maximum atomic E-state index is 10.7. The van der Waals surface area contributed by atoms with Crippen molar-refractivity contribution in [2.24, 2.45) is 0 Å². The van der Waals surface area contributed by atoms with E-state index in [0.717, 1.165) is 0 Å². The van der Waals surface area contributed by atoms with Gasteiger partial charge in [-0.2, -0.15) is 0 Å². The van der Waals surface area contributed by atoms with Crippen molar-refractivity contribution < 1.29 is 5.11 Å². The molecule has 2 aliphatic rings. The maximum Gasteiger partial charge on any atom is 0.115 e. The summed E-state index contributed by atoms with van der Waals surface area (Å²) in [6, 6.07) is 28.5. The molecule has 0 bridgehead atoms. The standard InChI is InChI=1S/C33H32O/c1-31(2,3)20-17-25-24-16-15-21(34)19-28(24)33(30(25)29(18-20)32(4,5)6)26-13-9-7-11-22(26)23-12-8-10-14-27(23)33/h7-19,34H,1-6H3. The van der Waals surface area contributed by atoms with Crippen LogP contribution >= 0.6 is 0 Å². The largest absolute Gasteiger partial charge is 0.508 e. The van der Waals surface area contributed by atoms with Gasteiger partial charge in [-0.25, -0.2) is 0 Å². The molecule has 1 spiro atoms. The van der Waals surface area contributed by atoms with Gasteiger partial charge in [-0.05, 0) is 78.6 Å². The van der Waals surface area contributed by atoms with Gasteiger partial charge >= 0.3 is 0 Å². The average molecular weight is 445 g/mol. The summed E-state index contributed by atoms with van der Waals surface area (Å²) in [7, 11) is 0. The van der Waals surface area contributed by atoms with Crippen molar-refractivity contribution in [2.75, 3.05) is 0 Å². The molecule has 1 N–H and O–H groups in total. The number of benzene rings is 4. The van der Waals surface area contributed by atoms with E-state index >= 15 is 0 Å². The molecule has 0 saturated carbocycles. The van der Waals surface area contributed by atoms with Gasteiger partial charge in [0.2, 0.25) is 0 Å². The third-order valence-corrected chi connectivity index (χ3v) is 7.84. The lowest BCUT2D eigenvalue weighted by atomic mass is 9.65. The van der Waals surface area contributed by atoms with Gasteiger partial charge in [0.15, 0.2) is 0 Å². The van der Waals surface area contributed by atoms with Crippen molar-refractivity contribution in [1.82, 2.24) is 0 Å². The first-order valence-corrected chi connectivity index (χ1v) is 12.3. The molecule has 6 rings (SSSR count). The Morgan fingerprint density at radius 2 is 1.12 bits per heavy atom. The number of fused-ring (bicyclic) bond motifs is 10. The van der Waals surface area contributed by atoms with Gasteiger partial charge < -0.3 is 5.11 Å². The van der Waals surface area contributed by atoms with Crippen LogP contribution in [0.5, 0.6) is 5.75 Å². The Hall–Kier alpha value is -3.32. The lowest BCUT2D eigenvalue weighted by Crippen LogP contribution is -2.30. The Morgan fingerprint density at radius 3 is 1.68 bits per heavy atom. The van der Waals surface area contributed by atoms with E-state index in [9.17, 15) is 5.11 Å². The van der Waals surface area contributed by atoms with Crippen molar-refractivity contribution in [1.29, 1.82) is 0 Å². The Labute approximate surface area is 203 Å². The van der Waals surface area contributed by atoms with Crippen LogP contribution in [0.2, 0.25) is 0 Å². The molecule has 0 fully saturated rings. The molecule has 1 nitrogen and oxygen atoms in total. The molecular formula is C33H32O. The van der Waals surface area contributed by atoms with Crippen LogP contribution in [0.3, 0.4) is 0 Å². The smallest absolute Gasteiger partial charge is 0.115 e. The topological polar surface area (TPSA) is 20.2 Å². The first-order chi connectivity index (χ1) is 16.0. The fourth-order valence-electron chi connectivity index (χ4n) is 6.29. The highest BCUT2D eigenvalue weighted by atomic mass is 16.3. The van der Waals surface area contributed by atoms with Crippen molar-refractivity contribution in [2.45, 2.75) is 57.8 Å². The summed E-state index contributed by atoms with van der Waals surface area (Å²) in [4.78, 5) is 0. The van der Waals surface area contributed by atoms with Gasteiger partial charge in [0, 0.05) is 0 Å². The van der Waals surface area contributed by atoms with Crippen LogP contribution in [0.25, 0.3) is 22.3 Å². The molecule has 0 unspecified atom stereocenters. The quantitative estimate of drug-likeness (QED) is 0.250. The predicted octanol–water partition coefficient (Wildman–Crippen LogP) is 8.33. The van der Waals surface area contributed by atoms with E-state index < -0.39 is 5.41 Å².